The molecule has 1 unspecified atom stereocenters. The smallest absolute Gasteiger partial charge is 0.323 e. The van der Waals surface area contributed by atoms with Gasteiger partial charge in [0.15, 0.2) is 5.78 Å². The second-order valence-corrected chi connectivity index (χ2v) is 8.35. The van der Waals surface area contributed by atoms with Crippen molar-refractivity contribution < 1.29 is 19.5 Å². The number of carbonyl (C=O) groups is 3. The molecule has 1 aliphatic rings. The summed E-state index contributed by atoms with van der Waals surface area (Å²) in [5.41, 5.74) is 4.02. The molecule has 0 aliphatic heterocycles. The van der Waals surface area contributed by atoms with Crippen LogP contribution < -0.4 is 10.6 Å². The number of carboxylic acid groups (broad SMARTS) is 1. The molecule has 32 heavy (non-hydrogen) atoms. The number of hydrogen-bond donors (Lipinski definition) is 3. The molecule has 4 rings (SSSR count). The van der Waals surface area contributed by atoms with E-state index < -0.39 is 11.4 Å². The number of Topliss-reactive ketones (excluding diaryl/α,β-unsaturated/α-hetero) is 1. The number of benzene rings is 3. The van der Waals surface area contributed by atoms with Crippen molar-refractivity contribution in [1.82, 2.24) is 0 Å². The number of anilines is 2. The summed E-state index contributed by atoms with van der Waals surface area (Å²) in [6, 6.07) is 22.1. The summed E-state index contributed by atoms with van der Waals surface area (Å²) >= 11 is 0. The summed E-state index contributed by atoms with van der Waals surface area (Å²) in [5, 5.41) is 14.7. The van der Waals surface area contributed by atoms with Crippen molar-refractivity contribution in [3.8, 4) is 11.1 Å². The zero-order valence-electron chi connectivity index (χ0n) is 17.7. The van der Waals surface area contributed by atoms with Crippen molar-refractivity contribution >= 4 is 29.2 Å². The molecule has 0 fully saturated rings. The Bertz CT molecular complexity index is 1170. The quantitative estimate of drug-likeness (QED) is 0.492. The zero-order valence-corrected chi connectivity index (χ0v) is 17.7. The van der Waals surface area contributed by atoms with E-state index in [4.69, 9.17) is 5.11 Å². The Morgan fingerprint density at radius 2 is 1.53 bits per heavy atom. The summed E-state index contributed by atoms with van der Waals surface area (Å²) in [5.74, 6) is -1.05. The van der Waals surface area contributed by atoms with Crippen LogP contribution in [0.2, 0.25) is 0 Å². The molecule has 0 saturated heterocycles. The van der Waals surface area contributed by atoms with Crippen LogP contribution in [0.1, 0.15) is 35.7 Å². The number of nitrogens with one attached hydrogen (secondary N) is 2. The number of hydrogen-bond acceptors (Lipinski definition) is 3. The Labute approximate surface area is 186 Å². The third-order valence-corrected chi connectivity index (χ3v) is 5.89. The molecular weight excluding hydrogens is 404 g/mol. The SMILES string of the molecule is CC1(CC(=O)O)CCc2cc(-c3ccc(NC(=O)Nc4ccccc4)cc3)ccc2C1=O. The first-order chi connectivity index (χ1) is 15.3. The Kier molecular flexibility index (Phi) is 5.77. The van der Waals surface area contributed by atoms with Gasteiger partial charge in [-0.1, -0.05) is 55.5 Å². The van der Waals surface area contributed by atoms with E-state index in [0.29, 0.717) is 29.8 Å². The summed E-state index contributed by atoms with van der Waals surface area (Å²) < 4.78 is 0. The number of aryl methyl sites for hydroxylation is 1. The van der Waals surface area contributed by atoms with Gasteiger partial charge in [-0.3, -0.25) is 9.59 Å². The topological polar surface area (TPSA) is 95.5 Å². The van der Waals surface area contributed by atoms with Gasteiger partial charge in [0.2, 0.25) is 0 Å². The number of carbonyl (C=O) groups excluding carboxylic acids is 2. The van der Waals surface area contributed by atoms with E-state index in [9.17, 15) is 14.4 Å². The van der Waals surface area contributed by atoms with Crippen LogP contribution in [0.25, 0.3) is 11.1 Å². The van der Waals surface area contributed by atoms with Gasteiger partial charge in [-0.05, 0) is 53.8 Å². The highest BCUT2D eigenvalue weighted by atomic mass is 16.4. The Hall–Kier alpha value is -3.93. The van der Waals surface area contributed by atoms with E-state index in [2.05, 4.69) is 10.6 Å². The van der Waals surface area contributed by atoms with E-state index >= 15 is 0 Å². The first-order valence-corrected chi connectivity index (χ1v) is 10.5. The zero-order chi connectivity index (χ0) is 22.7. The fourth-order valence-corrected chi connectivity index (χ4v) is 4.11. The van der Waals surface area contributed by atoms with E-state index in [-0.39, 0.29) is 18.2 Å². The summed E-state index contributed by atoms with van der Waals surface area (Å²) in [6.45, 7) is 1.74. The number of para-hydroxylation sites is 1. The van der Waals surface area contributed by atoms with Gasteiger partial charge in [-0.2, -0.15) is 0 Å². The lowest BCUT2D eigenvalue weighted by molar-refractivity contribution is -0.139. The van der Waals surface area contributed by atoms with Gasteiger partial charge in [0.05, 0.1) is 6.42 Å². The normalized spacial score (nSPS) is 17.3. The van der Waals surface area contributed by atoms with Crippen LogP contribution in [0.15, 0.2) is 72.8 Å². The molecule has 1 atom stereocenters. The van der Waals surface area contributed by atoms with Crippen molar-refractivity contribution in [2.24, 2.45) is 5.41 Å². The van der Waals surface area contributed by atoms with Gasteiger partial charge < -0.3 is 15.7 Å². The van der Waals surface area contributed by atoms with Gasteiger partial charge >= 0.3 is 12.0 Å². The number of amides is 2. The van der Waals surface area contributed by atoms with Crippen molar-refractivity contribution in [1.29, 1.82) is 0 Å². The molecule has 3 aromatic rings. The fourth-order valence-electron chi connectivity index (χ4n) is 4.11. The van der Waals surface area contributed by atoms with Gasteiger partial charge in [0, 0.05) is 22.4 Å². The Balaban J connectivity index is 1.46. The van der Waals surface area contributed by atoms with Crippen LogP contribution in [0.5, 0.6) is 0 Å². The molecule has 3 N–H and O–H groups in total. The van der Waals surface area contributed by atoms with Crippen LogP contribution in [0, 0.1) is 5.41 Å². The van der Waals surface area contributed by atoms with Gasteiger partial charge in [-0.25, -0.2) is 4.79 Å². The van der Waals surface area contributed by atoms with Gasteiger partial charge in [-0.15, -0.1) is 0 Å². The van der Waals surface area contributed by atoms with Crippen LogP contribution in [0.3, 0.4) is 0 Å². The lowest BCUT2D eigenvalue weighted by Gasteiger charge is -2.32. The van der Waals surface area contributed by atoms with Crippen LogP contribution in [-0.4, -0.2) is 22.9 Å². The van der Waals surface area contributed by atoms with Crippen molar-refractivity contribution in [3.05, 3.63) is 83.9 Å². The minimum absolute atomic E-state index is 0.100. The van der Waals surface area contributed by atoms with Crippen LogP contribution >= 0.6 is 0 Å². The molecule has 0 spiro atoms. The largest absolute Gasteiger partial charge is 0.481 e. The highest BCUT2D eigenvalue weighted by molar-refractivity contribution is 6.04. The average molecular weight is 428 g/mol. The number of aliphatic carboxylic acids is 1. The molecule has 3 aromatic carbocycles. The average Bonchev–Trinajstić information content (AvgIpc) is 2.77. The van der Waals surface area contributed by atoms with E-state index in [1.807, 2.05) is 66.7 Å². The first-order valence-electron chi connectivity index (χ1n) is 10.5. The first kappa shape index (κ1) is 21.3. The summed E-state index contributed by atoms with van der Waals surface area (Å²) in [6.07, 6.45) is 1.03. The molecule has 0 aromatic heterocycles. The van der Waals surface area contributed by atoms with E-state index in [1.54, 1.807) is 13.0 Å². The van der Waals surface area contributed by atoms with Crippen LogP contribution in [0.4, 0.5) is 16.2 Å². The molecule has 0 radical (unpaired) electrons. The molecule has 2 amide bonds. The van der Waals surface area contributed by atoms with Gasteiger partial charge in [0.1, 0.15) is 0 Å². The number of carboxylic acids is 1. The highest BCUT2D eigenvalue weighted by Gasteiger charge is 2.40. The molecule has 0 heterocycles. The summed E-state index contributed by atoms with van der Waals surface area (Å²) in [7, 11) is 0. The molecule has 1 aliphatic carbocycles. The van der Waals surface area contributed by atoms with E-state index in [0.717, 1.165) is 16.7 Å². The van der Waals surface area contributed by atoms with Crippen molar-refractivity contribution in [3.63, 3.8) is 0 Å². The molecular formula is C26H24N2O4. The molecule has 0 bridgehead atoms. The van der Waals surface area contributed by atoms with Crippen molar-refractivity contribution in [2.75, 3.05) is 10.6 Å². The second kappa shape index (κ2) is 8.67. The maximum Gasteiger partial charge on any atom is 0.323 e. The summed E-state index contributed by atoms with van der Waals surface area (Å²) in [4.78, 5) is 36.2. The number of ketones is 1. The number of fused-ring (bicyclic) bond motifs is 1. The monoisotopic (exact) mass is 428 g/mol. The van der Waals surface area contributed by atoms with Crippen LogP contribution in [-0.2, 0) is 11.2 Å². The maximum atomic E-state index is 12.9. The van der Waals surface area contributed by atoms with Crippen molar-refractivity contribution in [2.45, 2.75) is 26.2 Å². The molecule has 162 valence electrons. The van der Waals surface area contributed by atoms with Gasteiger partial charge in [0.25, 0.3) is 0 Å². The highest BCUT2D eigenvalue weighted by Crippen LogP contribution is 2.39. The lowest BCUT2D eigenvalue weighted by Crippen LogP contribution is -2.35. The minimum Gasteiger partial charge on any atom is -0.481 e. The minimum atomic E-state index is -0.952. The van der Waals surface area contributed by atoms with E-state index in [1.165, 1.54) is 0 Å². The Morgan fingerprint density at radius 3 is 2.19 bits per heavy atom. The fraction of sp³-hybridized carbons (Fsp3) is 0.192. The molecule has 6 heteroatoms. The molecule has 6 nitrogen and oxygen atoms in total. The standard InChI is InChI=1S/C26H24N2O4/c1-26(16-23(29)30)14-13-19-15-18(9-12-22(19)24(26)31)17-7-10-21(11-8-17)28-25(32)27-20-5-3-2-4-6-20/h2-12,15H,13-14,16H2,1H3,(H,29,30)(H2,27,28,32). The molecule has 0 saturated carbocycles. The number of urea groups is 1. The maximum absolute atomic E-state index is 12.9. The number of rotatable bonds is 5. The predicted octanol–water partition coefficient (Wildman–Crippen LogP) is 5.61. The predicted molar refractivity (Wildman–Crippen MR) is 124 cm³/mol. The third kappa shape index (κ3) is 4.54. The Morgan fingerprint density at radius 1 is 0.906 bits per heavy atom. The lowest BCUT2D eigenvalue weighted by atomic mass is 9.69. The second-order valence-electron chi connectivity index (χ2n) is 8.35. The third-order valence-electron chi connectivity index (χ3n) is 5.89.